The summed E-state index contributed by atoms with van der Waals surface area (Å²) in [5, 5.41) is 20.3. The quantitative estimate of drug-likeness (QED) is 0.118. The van der Waals surface area contributed by atoms with Gasteiger partial charge in [0.25, 0.3) is 5.69 Å². The lowest BCUT2D eigenvalue weighted by molar-refractivity contribution is -0.384. The van der Waals surface area contributed by atoms with E-state index in [4.69, 9.17) is 16.3 Å². The summed E-state index contributed by atoms with van der Waals surface area (Å²) in [5.41, 5.74) is 2.69. The molecule has 0 radical (unpaired) electrons. The molecule has 1 aromatic heterocycles. The van der Waals surface area contributed by atoms with E-state index in [0.717, 1.165) is 28.6 Å². The molecule has 10 heteroatoms. The molecule has 5 rings (SSSR count). The predicted octanol–water partition coefficient (Wildman–Crippen LogP) is 7.01. The summed E-state index contributed by atoms with van der Waals surface area (Å²) >= 11 is 7.12. The molecule has 0 N–H and O–H groups in total. The topological polar surface area (TPSA) is 100 Å². The molecule has 0 atom stereocenters. The summed E-state index contributed by atoms with van der Waals surface area (Å²) in [5.74, 6) is 1.22. The van der Waals surface area contributed by atoms with E-state index in [1.54, 1.807) is 4.57 Å². The van der Waals surface area contributed by atoms with Gasteiger partial charge in [0, 0.05) is 39.5 Å². The Morgan fingerprint density at radius 2 is 1.58 bits per heavy atom. The van der Waals surface area contributed by atoms with E-state index in [-0.39, 0.29) is 10.8 Å². The summed E-state index contributed by atoms with van der Waals surface area (Å²) in [7, 11) is 0. The lowest BCUT2D eigenvalue weighted by Gasteiger charge is -2.11. The second-order valence-corrected chi connectivity index (χ2v) is 9.42. The van der Waals surface area contributed by atoms with Crippen molar-refractivity contribution in [2.24, 2.45) is 0 Å². The molecule has 0 spiro atoms. The second-order valence-electron chi connectivity index (χ2n) is 8.08. The van der Waals surface area contributed by atoms with E-state index < -0.39 is 4.92 Å². The highest BCUT2D eigenvalue weighted by Crippen LogP contribution is 2.31. The van der Waals surface area contributed by atoms with Crippen molar-refractivity contribution in [1.82, 2.24) is 14.8 Å². The van der Waals surface area contributed by atoms with Crippen LogP contribution in [0.1, 0.15) is 15.9 Å². The minimum absolute atomic E-state index is 0.0828. The molecule has 0 saturated carbocycles. The zero-order valence-corrected chi connectivity index (χ0v) is 21.3. The zero-order valence-electron chi connectivity index (χ0n) is 19.7. The average Bonchev–Trinajstić information content (AvgIpc) is 3.36. The normalized spacial score (nSPS) is 10.8. The van der Waals surface area contributed by atoms with Crippen LogP contribution in [-0.2, 0) is 6.61 Å². The number of thioether (sulfide) groups is 1. The molecule has 0 bridgehead atoms. The van der Waals surface area contributed by atoms with Crippen LogP contribution in [0.25, 0.3) is 17.1 Å². The number of nitro groups is 1. The molecule has 0 saturated heterocycles. The van der Waals surface area contributed by atoms with Gasteiger partial charge in [0.1, 0.15) is 12.4 Å². The Labute approximate surface area is 227 Å². The molecule has 5 aromatic rings. The maximum absolute atomic E-state index is 13.0. The largest absolute Gasteiger partial charge is 0.489 e. The molecular weight excluding hydrogens is 524 g/mol. The van der Waals surface area contributed by atoms with Crippen molar-refractivity contribution in [1.29, 1.82) is 0 Å². The first-order chi connectivity index (χ1) is 18.5. The van der Waals surface area contributed by atoms with Crippen molar-refractivity contribution < 1.29 is 14.5 Å². The van der Waals surface area contributed by atoms with E-state index in [1.165, 1.54) is 24.3 Å². The highest BCUT2D eigenvalue weighted by molar-refractivity contribution is 8.14. The molecule has 8 nitrogen and oxygen atoms in total. The van der Waals surface area contributed by atoms with Crippen LogP contribution in [0.3, 0.4) is 0 Å². The SMILES string of the molecule is O=C(Sc1nnc(-c2ccc(OCc3ccccc3Cl)cc2)n1-c1ccccc1)c1ccc([N+](=O)[O-])cc1. The van der Waals surface area contributed by atoms with E-state index >= 15 is 0 Å². The van der Waals surface area contributed by atoms with Crippen LogP contribution in [0.2, 0.25) is 5.02 Å². The van der Waals surface area contributed by atoms with Gasteiger partial charge in [-0.05, 0) is 66.4 Å². The van der Waals surface area contributed by atoms with E-state index in [9.17, 15) is 14.9 Å². The van der Waals surface area contributed by atoms with E-state index in [0.29, 0.717) is 33.9 Å². The molecule has 4 aromatic carbocycles. The van der Waals surface area contributed by atoms with Crippen molar-refractivity contribution >= 4 is 34.2 Å². The molecule has 0 fully saturated rings. The number of para-hydroxylation sites is 1. The number of rotatable bonds is 8. The third kappa shape index (κ3) is 5.59. The van der Waals surface area contributed by atoms with Gasteiger partial charge in [-0.2, -0.15) is 0 Å². The minimum atomic E-state index is -0.507. The Hall–Kier alpha value is -4.47. The van der Waals surface area contributed by atoms with Crippen LogP contribution in [0.15, 0.2) is 108 Å². The number of halogens is 1. The first-order valence-corrected chi connectivity index (χ1v) is 12.6. The highest BCUT2D eigenvalue weighted by atomic mass is 35.5. The summed E-state index contributed by atoms with van der Waals surface area (Å²) in [4.78, 5) is 23.4. The Bertz CT molecular complexity index is 1590. The number of aromatic nitrogens is 3. The van der Waals surface area contributed by atoms with Crippen molar-refractivity contribution in [3.63, 3.8) is 0 Å². The summed E-state index contributed by atoms with van der Waals surface area (Å²) < 4.78 is 7.69. The van der Waals surface area contributed by atoms with Gasteiger partial charge in [-0.15, -0.1) is 10.2 Å². The Morgan fingerprint density at radius 3 is 2.26 bits per heavy atom. The molecule has 0 unspecified atom stereocenters. The first-order valence-electron chi connectivity index (χ1n) is 11.4. The number of hydrogen-bond donors (Lipinski definition) is 0. The fourth-order valence-corrected chi connectivity index (χ4v) is 4.65. The van der Waals surface area contributed by atoms with Gasteiger partial charge in [0.05, 0.1) is 4.92 Å². The summed E-state index contributed by atoms with van der Waals surface area (Å²) in [6.45, 7) is 0.338. The van der Waals surface area contributed by atoms with Gasteiger partial charge >= 0.3 is 0 Å². The van der Waals surface area contributed by atoms with Crippen LogP contribution in [0.4, 0.5) is 5.69 Å². The molecular formula is C28H19ClN4O4S. The van der Waals surface area contributed by atoms with Crippen LogP contribution in [0, 0.1) is 10.1 Å². The third-order valence-electron chi connectivity index (χ3n) is 5.61. The van der Waals surface area contributed by atoms with E-state index in [1.807, 2.05) is 78.9 Å². The number of ether oxygens (including phenoxy) is 1. The molecule has 0 amide bonds. The number of benzene rings is 4. The first kappa shape index (κ1) is 25.2. The Morgan fingerprint density at radius 1 is 0.895 bits per heavy atom. The van der Waals surface area contributed by atoms with Gasteiger partial charge in [0.2, 0.25) is 10.3 Å². The van der Waals surface area contributed by atoms with Crippen molar-refractivity contribution in [3.05, 3.63) is 129 Å². The third-order valence-corrected chi connectivity index (χ3v) is 6.85. The Kier molecular flexibility index (Phi) is 7.48. The van der Waals surface area contributed by atoms with Crippen LogP contribution >= 0.6 is 23.4 Å². The van der Waals surface area contributed by atoms with Crippen LogP contribution in [-0.4, -0.2) is 24.8 Å². The molecule has 0 aliphatic carbocycles. The molecule has 0 aliphatic heterocycles. The van der Waals surface area contributed by atoms with Crippen molar-refractivity contribution in [2.75, 3.05) is 0 Å². The highest BCUT2D eigenvalue weighted by Gasteiger charge is 2.20. The fourth-order valence-electron chi connectivity index (χ4n) is 3.67. The number of hydrogen-bond acceptors (Lipinski definition) is 7. The van der Waals surface area contributed by atoms with Gasteiger partial charge < -0.3 is 4.74 Å². The maximum atomic E-state index is 13.0. The smallest absolute Gasteiger partial charge is 0.269 e. The maximum Gasteiger partial charge on any atom is 0.269 e. The zero-order chi connectivity index (χ0) is 26.5. The summed E-state index contributed by atoms with van der Waals surface area (Å²) in [6, 6.07) is 29.9. The van der Waals surface area contributed by atoms with Gasteiger partial charge in [-0.3, -0.25) is 19.5 Å². The lowest BCUT2D eigenvalue weighted by Crippen LogP contribution is -2.02. The molecule has 38 heavy (non-hydrogen) atoms. The number of nitrogens with zero attached hydrogens (tertiary/aromatic N) is 4. The van der Waals surface area contributed by atoms with Crippen LogP contribution in [0.5, 0.6) is 5.75 Å². The minimum Gasteiger partial charge on any atom is -0.489 e. The monoisotopic (exact) mass is 542 g/mol. The Balaban J connectivity index is 1.40. The van der Waals surface area contributed by atoms with E-state index in [2.05, 4.69) is 10.2 Å². The van der Waals surface area contributed by atoms with Crippen molar-refractivity contribution in [3.8, 4) is 22.8 Å². The molecule has 0 aliphatic rings. The van der Waals surface area contributed by atoms with Gasteiger partial charge in [0.15, 0.2) is 5.82 Å². The lowest BCUT2D eigenvalue weighted by atomic mass is 10.2. The standard InChI is InChI=1S/C28H19ClN4O4S/c29-25-9-5-4-6-21(25)18-37-24-16-12-19(13-17-24)26-30-31-28(32(26)22-7-2-1-3-8-22)38-27(34)20-10-14-23(15-11-20)33(35)36/h1-17H,18H2. The van der Waals surface area contributed by atoms with Gasteiger partial charge in [-0.25, -0.2) is 0 Å². The second kappa shape index (κ2) is 11.3. The predicted molar refractivity (Wildman–Crippen MR) is 146 cm³/mol. The molecule has 1 heterocycles. The number of non-ortho nitro benzene ring substituents is 1. The number of carbonyl (C=O) groups is 1. The summed E-state index contributed by atoms with van der Waals surface area (Å²) in [6.07, 6.45) is 0. The van der Waals surface area contributed by atoms with Crippen LogP contribution < -0.4 is 4.74 Å². The average molecular weight is 543 g/mol. The number of carbonyl (C=O) groups excluding carboxylic acids is 1. The fraction of sp³-hybridized carbons (Fsp3) is 0.0357. The van der Waals surface area contributed by atoms with Crippen molar-refractivity contribution in [2.45, 2.75) is 11.8 Å². The molecule has 188 valence electrons. The number of nitro benzene ring substituents is 1. The van der Waals surface area contributed by atoms with Gasteiger partial charge in [-0.1, -0.05) is 48.0 Å².